The van der Waals surface area contributed by atoms with E-state index in [0.717, 1.165) is 25.8 Å². The van der Waals surface area contributed by atoms with Crippen LogP contribution in [0.4, 0.5) is 0 Å². The number of hydrogen-bond donors (Lipinski definition) is 3. The highest BCUT2D eigenvalue weighted by Crippen LogP contribution is 2.18. The Kier molecular flexibility index (Phi) is 3.93. The van der Waals surface area contributed by atoms with Gasteiger partial charge in [-0.1, -0.05) is 30.3 Å². The number of rotatable bonds is 3. The number of aliphatic hydroxyl groups excluding tert-OH is 1. The summed E-state index contributed by atoms with van der Waals surface area (Å²) in [5.74, 6) is 0.215. The van der Waals surface area contributed by atoms with Gasteiger partial charge in [0.05, 0.1) is 0 Å². The quantitative estimate of drug-likeness (QED) is 0.663. The molecule has 1 aromatic rings. The zero-order valence-electron chi connectivity index (χ0n) is 9.47. The monoisotopic (exact) mass is 220 g/mol. The van der Waals surface area contributed by atoms with Crippen molar-refractivity contribution in [3.8, 4) is 0 Å². The van der Waals surface area contributed by atoms with Gasteiger partial charge in [-0.15, -0.1) is 0 Å². The van der Waals surface area contributed by atoms with E-state index in [-0.39, 0.29) is 5.92 Å². The number of benzene rings is 1. The average molecular weight is 220 g/mol. The van der Waals surface area contributed by atoms with Gasteiger partial charge in [-0.3, -0.25) is 0 Å². The lowest BCUT2D eigenvalue weighted by atomic mass is 9.90. The van der Waals surface area contributed by atoms with Crippen molar-refractivity contribution in [3.63, 3.8) is 0 Å². The van der Waals surface area contributed by atoms with Gasteiger partial charge in [0.15, 0.2) is 0 Å². The summed E-state index contributed by atoms with van der Waals surface area (Å²) in [6.45, 7) is 0.829. The Morgan fingerprint density at radius 2 is 2.06 bits per heavy atom. The molecule has 0 aromatic heterocycles. The summed E-state index contributed by atoms with van der Waals surface area (Å²) in [6.07, 6.45) is 2.50. The molecule has 0 saturated carbocycles. The molecule has 3 heteroatoms. The highest BCUT2D eigenvalue weighted by Gasteiger charge is 2.23. The minimum atomic E-state index is -0.676. The summed E-state index contributed by atoms with van der Waals surface area (Å²) < 4.78 is 0. The summed E-state index contributed by atoms with van der Waals surface area (Å²) in [5, 5.41) is 12.7. The average Bonchev–Trinajstić information content (AvgIpc) is 2.31. The molecule has 1 aliphatic heterocycles. The molecule has 3 unspecified atom stereocenters. The van der Waals surface area contributed by atoms with Gasteiger partial charge in [0.25, 0.3) is 0 Å². The summed E-state index contributed by atoms with van der Waals surface area (Å²) >= 11 is 0. The van der Waals surface area contributed by atoms with Gasteiger partial charge < -0.3 is 16.2 Å². The molecule has 0 bridgehead atoms. The number of piperidine rings is 1. The maximum absolute atomic E-state index is 9.29. The SMILES string of the molecule is NC(O)C1CCC(Cc2ccccc2)NC1. The van der Waals surface area contributed by atoms with Crippen molar-refractivity contribution >= 4 is 0 Å². The van der Waals surface area contributed by atoms with Crippen molar-refractivity contribution < 1.29 is 5.11 Å². The molecule has 88 valence electrons. The molecule has 2 rings (SSSR count). The smallest absolute Gasteiger partial charge is 0.106 e. The topological polar surface area (TPSA) is 58.3 Å². The van der Waals surface area contributed by atoms with Gasteiger partial charge in [0.2, 0.25) is 0 Å². The van der Waals surface area contributed by atoms with Crippen LogP contribution in [0, 0.1) is 5.92 Å². The van der Waals surface area contributed by atoms with Crippen molar-refractivity contribution in [3.05, 3.63) is 35.9 Å². The summed E-state index contributed by atoms with van der Waals surface area (Å²) in [7, 11) is 0. The zero-order chi connectivity index (χ0) is 11.4. The highest BCUT2D eigenvalue weighted by molar-refractivity contribution is 5.16. The van der Waals surface area contributed by atoms with Crippen LogP contribution in [0.15, 0.2) is 30.3 Å². The van der Waals surface area contributed by atoms with E-state index in [0.29, 0.717) is 6.04 Å². The van der Waals surface area contributed by atoms with Crippen LogP contribution < -0.4 is 11.1 Å². The van der Waals surface area contributed by atoms with Crippen LogP contribution >= 0.6 is 0 Å². The minimum absolute atomic E-state index is 0.215. The number of nitrogens with one attached hydrogen (secondary N) is 1. The number of nitrogens with two attached hydrogens (primary N) is 1. The van der Waals surface area contributed by atoms with Gasteiger partial charge in [-0.25, -0.2) is 0 Å². The Bertz CT molecular complexity index is 305. The van der Waals surface area contributed by atoms with Crippen molar-refractivity contribution in [2.75, 3.05) is 6.54 Å². The second-order valence-electron chi connectivity index (χ2n) is 4.62. The Labute approximate surface area is 96.7 Å². The number of hydrogen-bond acceptors (Lipinski definition) is 3. The Balaban J connectivity index is 1.82. The van der Waals surface area contributed by atoms with Crippen LogP contribution in [0.2, 0.25) is 0 Å². The molecule has 3 atom stereocenters. The molecule has 1 saturated heterocycles. The van der Waals surface area contributed by atoms with Gasteiger partial charge in [-0.2, -0.15) is 0 Å². The molecule has 1 aliphatic rings. The lowest BCUT2D eigenvalue weighted by Gasteiger charge is -2.31. The third kappa shape index (κ3) is 3.04. The highest BCUT2D eigenvalue weighted by atomic mass is 16.3. The predicted molar refractivity (Wildman–Crippen MR) is 64.9 cm³/mol. The molecule has 0 amide bonds. The maximum atomic E-state index is 9.29. The van der Waals surface area contributed by atoms with Gasteiger partial charge in [-0.05, 0) is 24.8 Å². The van der Waals surface area contributed by atoms with E-state index < -0.39 is 6.23 Å². The van der Waals surface area contributed by atoms with E-state index in [1.54, 1.807) is 0 Å². The van der Waals surface area contributed by atoms with Crippen LogP contribution in [0.3, 0.4) is 0 Å². The summed E-state index contributed by atoms with van der Waals surface area (Å²) in [5.41, 5.74) is 6.85. The largest absolute Gasteiger partial charge is 0.379 e. The van der Waals surface area contributed by atoms with Gasteiger partial charge >= 0.3 is 0 Å². The van der Waals surface area contributed by atoms with E-state index in [1.165, 1.54) is 5.56 Å². The molecule has 1 heterocycles. The van der Waals surface area contributed by atoms with Crippen LogP contribution in [0.25, 0.3) is 0 Å². The molecule has 4 N–H and O–H groups in total. The van der Waals surface area contributed by atoms with E-state index in [9.17, 15) is 5.11 Å². The van der Waals surface area contributed by atoms with Crippen LogP contribution in [0.5, 0.6) is 0 Å². The molecular formula is C13H20N2O. The van der Waals surface area contributed by atoms with Crippen LogP contribution in [0.1, 0.15) is 18.4 Å². The van der Waals surface area contributed by atoms with Gasteiger partial charge in [0.1, 0.15) is 6.23 Å². The first-order chi connectivity index (χ1) is 7.75. The number of aliphatic hydroxyl groups is 1. The zero-order valence-corrected chi connectivity index (χ0v) is 9.47. The van der Waals surface area contributed by atoms with E-state index in [1.807, 2.05) is 6.07 Å². The lowest BCUT2D eigenvalue weighted by molar-refractivity contribution is 0.0898. The van der Waals surface area contributed by atoms with Crippen molar-refractivity contribution in [1.82, 2.24) is 5.32 Å². The van der Waals surface area contributed by atoms with Gasteiger partial charge in [0, 0.05) is 18.5 Å². The van der Waals surface area contributed by atoms with Crippen molar-refractivity contribution in [2.24, 2.45) is 11.7 Å². The molecule has 0 radical (unpaired) electrons. The normalized spacial score (nSPS) is 27.6. The second kappa shape index (κ2) is 5.43. The second-order valence-corrected chi connectivity index (χ2v) is 4.62. The third-order valence-electron chi connectivity index (χ3n) is 3.36. The van der Waals surface area contributed by atoms with E-state index in [2.05, 4.69) is 29.6 Å². The first-order valence-electron chi connectivity index (χ1n) is 5.96. The van der Waals surface area contributed by atoms with Crippen molar-refractivity contribution in [1.29, 1.82) is 0 Å². The van der Waals surface area contributed by atoms with Crippen LogP contribution in [-0.4, -0.2) is 23.9 Å². The Morgan fingerprint density at radius 3 is 2.62 bits per heavy atom. The molecule has 0 spiro atoms. The minimum Gasteiger partial charge on any atom is -0.379 e. The Hall–Kier alpha value is -0.900. The van der Waals surface area contributed by atoms with Crippen molar-refractivity contribution in [2.45, 2.75) is 31.5 Å². The molecule has 1 fully saturated rings. The fraction of sp³-hybridized carbons (Fsp3) is 0.538. The molecular weight excluding hydrogens is 200 g/mol. The Morgan fingerprint density at radius 1 is 1.31 bits per heavy atom. The standard InChI is InChI=1S/C13H20N2O/c14-13(16)11-6-7-12(15-9-11)8-10-4-2-1-3-5-10/h1-5,11-13,15-16H,6-9,14H2. The predicted octanol–water partition coefficient (Wildman–Crippen LogP) is 0.874. The molecule has 16 heavy (non-hydrogen) atoms. The van der Waals surface area contributed by atoms with Crippen LogP contribution in [-0.2, 0) is 6.42 Å². The molecule has 1 aromatic carbocycles. The fourth-order valence-corrected chi connectivity index (χ4v) is 2.30. The maximum Gasteiger partial charge on any atom is 0.106 e. The third-order valence-corrected chi connectivity index (χ3v) is 3.36. The lowest BCUT2D eigenvalue weighted by Crippen LogP contribution is -2.46. The summed E-state index contributed by atoms with van der Waals surface area (Å²) in [6, 6.07) is 11.0. The summed E-state index contributed by atoms with van der Waals surface area (Å²) in [4.78, 5) is 0. The van der Waals surface area contributed by atoms with E-state index in [4.69, 9.17) is 5.73 Å². The van der Waals surface area contributed by atoms with E-state index >= 15 is 0 Å². The fourth-order valence-electron chi connectivity index (χ4n) is 2.30. The first-order valence-corrected chi connectivity index (χ1v) is 5.96. The first kappa shape index (κ1) is 11.6. The molecule has 3 nitrogen and oxygen atoms in total. The molecule has 0 aliphatic carbocycles.